The minimum Gasteiger partial charge on any atom is -0.484 e. The van der Waals surface area contributed by atoms with Crippen LogP contribution in [0, 0.1) is 11.8 Å². The van der Waals surface area contributed by atoms with Crippen LogP contribution in [0.2, 0.25) is 0 Å². The number of piperidine rings is 5. The first kappa shape index (κ1) is 98.3. The molecular formula is C114H169N11O4. The molecule has 7 aromatic carbocycles. The Morgan fingerprint density at radius 3 is 0.907 bits per heavy atom. The lowest BCUT2D eigenvalue weighted by Gasteiger charge is -2.47. The highest BCUT2D eigenvalue weighted by molar-refractivity contribution is 5.79. The number of benzene rings is 7. The first-order valence-electron chi connectivity index (χ1n) is 49.8. The van der Waals surface area contributed by atoms with Crippen molar-refractivity contribution in [2.24, 2.45) is 11.8 Å². The lowest BCUT2D eigenvalue weighted by molar-refractivity contribution is -0.136. The fraction of sp³-hybridized carbons (Fsp3) is 0.614. The lowest BCUT2D eigenvalue weighted by Crippen LogP contribution is -2.54. The van der Waals surface area contributed by atoms with Gasteiger partial charge in [0.2, 0.25) is 5.91 Å². The number of ether oxygens (including phenoxy) is 2. The van der Waals surface area contributed by atoms with Crippen molar-refractivity contribution in [2.45, 2.75) is 323 Å². The second-order valence-corrected chi connectivity index (χ2v) is 47.9. The largest absolute Gasteiger partial charge is 0.484 e. The Hall–Kier alpha value is -8.24. The number of carbonyl (C=O) groups excluding carboxylic acids is 2. The van der Waals surface area contributed by atoms with E-state index in [1.54, 1.807) is 16.7 Å². The molecule has 0 atom stereocenters. The third-order valence-corrected chi connectivity index (χ3v) is 30.7. The van der Waals surface area contributed by atoms with E-state index < -0.39 is 0 Å². The Morgan fingerprint density at radius 2 is 0.605 bits per heavy atom. The van der Waals surface area contributed by atoms with E-state index in [2.05, 4.69) is 385 Å². The molecule has 5 spiro atoms. The van der Waals surface area contributed by atoms with Gasteiger partial charge in [0.25, 0.3) is 0 Å². The Balaban J connectivity index is 0.000000133. The standard InChI is InChI=1S/C23H30N2.C20H30N2O.C20H32N2.C19H30N2.C18H26N2O2.C14H21NO/c1-22(2,3)25-18-23(20-11-7-8-12-21(20)25)13-15-24(16-14-23)17-19-9-5-4-6-10-19;1-15(2)18(23)21-12-10-20(11-13-21)14-22(19(3,4)5)17-9-7-6-8-16(17)20;1-16(2)14-21-12-10-20(11-13-21)15-22(19(3,4)5)18-9-7-6-8-17(18)20;1-15(2)20-12-10-19(11-13-20)14-21(18(3,4)5)17-9-7-6-8-16(17)19;1-17(2,3)20-13-18(14-7-5-6-8-15(14)20)9-11-19(12-10-18)16(21)22-4;1-13(2,3)15-10-14(4,5)16-12-9-7-6-8-11(12)15/h4-12H,13-18H2,1-3H3;6-9,15H,10-14H2,1-5H3;6-9,16H,10-15H2,1-5H3;6-9,15H,10-14H2,1-5H3;5-8H,9-13H2,1-4H3;6-9H,10H2,1-5H3. The Kier molecular flexibility index (Phi) is 29.2. The summed E-state index contributed by atoms with van der Waals surface area (Å²) in [6, 6.07) is 64.9. The first-order valence-corrected chi connectivity index (χ1v) is 49.8. The molecule has 0 bridgehead atoms. The average Bonchev–Trinajstić information content (AvgIpc) is 1.61. The van der Waals surface area contributed by atoms with Gasteiger partial charge in [-0.2, -0.15) is 0 Å². The van der Waals surface area contributed by atoms with Crippen LogP contribution in [0.25, 0.3) is 0 Å². The number of para-hydroxylation sites is 7. The molecule has 7 aromatic rings. The van der Waals surface area contributed by atoms with Gasteiger partial charge in [0.15, 0.2) is 0 Å². The number of likely N-dealkylation sites (tertiary alicyclic amines) is 5. The van der Waals surface area contributed by atoms with E-state index in [4.69, 9.17) is 9.47 Å². The monoisotopic (exact) mass is 1760 g/mol. The highest BCUT2D eigenvalue weighted by Gasteiger charge is 2.53. The topological polar surface area (TPSA) is 88.2 Å². The normalized spacial score (nSPS) is 20.6. The summed E-state index contributed by atoms with van der Waals surface area (Å²) in [6.45, 7) is 78.7. The van der Waals surface area contributed by atoms with Crippen LogP contribution in [0.3, 0.4) is 0 Å². The summed E-state index contributed by atoms with van der Waals surface area (Å²) in [5.74, 6) is 2.18. The van der Waals surface area contributed by atoms with Gasteiger partial charge in [0.1, 0.15) is 11.4 Å². The molecule has 2 amide bonds. The third-order valence-electron chi connectivity index (χ3n) is 30.7. The number of rotatable bonds is 6. The molecule has 129 heavy (non-hydrogen) atoms. The summed E-state index contributed by atoms with van der Waals surface area (Å²) in [5, 5.41) is 0. The zero-order valence-electron chi connectivity index (χ0n) is 85.3. The average molecular weight is 1760 g/mol. The van der Waals surface area contributed by atoms with Gasteiger partial charge in [0.05, 0.1) is 19.3 Å². The van der Waals surface area contributed by atoms with Crippen molar-refractivity contribution >= 4 is 46.1 Å². The molecule has 0 aromatic heterocycles. The van der Waals surface area contributed by atoms with Gasteiger partial charge < -0.3 is 58.5 Å². The third kappa shape index (κ3) is 21.7. The Bertz CT molecular complexity index is 4870. The predicted molar refractivity (Wildman–Crippen MR) is 546 cm³/mol. The van der Waals surface area contributed by atoms with Crippen molar-refractivity contribution in [3.05, 3.63) is 209 Å². The summed E-state index contributed by atoms with van der Waals surface area (Å²) < 4.78 is 10.9. The fourth-order valence-corrected chi connectivity index (χ4v) is 23.3. The highest BCUT2D eigenvalue weighted by Crippen LogP contribution is 2.56. The molecule has 0 aliphatic carbocycles. The number of anilines is 6. The van der Waals surface area contributed by atoms with Gasteiger partial charge in [-0.1, -0.05) is 161 Å². The van der Waals surface area contributed by atoms with Crippen molar-refractivity contribution in [3.8, 4) is 5.75 Å². The van der Waals surface area contributed by atoms with Gasteiger partial charge in [-0.15, -0.1) is 0 Å². The molecule has 5 fully saturated rings. The van der Waals surface area contributed by atoms with Gasteiger partial charge in [-0.05, 0) is 338 Å². The van der Waals surface area contributed by atoms with Crippen LogP contribution in [-0.2, 0) is 43.2 Å². The van der Waals surface area contributed by atoms with E-state index in [1.165, 1.54) is 162 Å². The van der Waals surface area contributed by atoms with Crippen LogP contribution in [-0.4, -0.2) is 200 Å². The summed E-state index contributed by atoms with van der Waals surface area (Å²) in [5.41, 5.74) is 19.9. The van der Waals surface area contributed by atoms with Crippen LogP contribution in [0.15, 0.2) is 176 Å². The van der Waals surface area contributed by atoms with Gasteiger partial charge in [-0.25, -0.2) is 4.79 Å². The predicted octanol–water partition coefficient (Wildman–Crippen LogP) is 23.9. The van der Waals surface area contributed by atoms with E-state index in [0.717, 1.165) is 89.7 Å². The van der Waals surface area contributed by atoms with E-state index in [1.807, 2.05) is 24.8 Å². The van der Waals surface area contributed by atoms with Crippen molar-refractivity contribution < 1.29 is 19.1 Å². The molecule has 0 radical (unpaired) electrons. The SMILES string of the molecule is CC(C)(C)N1CC2(CCN(Cc3ccccc3)CC2)c2ccccc21.CC(C)C(=O)N1CCC2(CC1)CN(C(C)(C)C)c1ccccc12.CC(C)CN1CCC2(CC1)CN(C(C)(C)C)c1ccccc12.CC(C)N1CCC2(CC1)CN(C(C)(C)C)c1ccccc12.CC1(C)CN(C(C)(C)C)c2ccccc2O1.COC(=O)N1CCC2(CC1)CN(C(C)(C)C)c1ccccc12. The van der Waals surface area contributed by atoms with Gasteiger partial charge >= 0.3 is 6.09 Å². The Morgan fingerprint density at radius 1 is 0.333 bits per heavy atom. The lowest BCUT2D eigenvalue weighted by atomic mass is 9.74. The molecule has 0 unspecified atom stereocenters. The molecule has 0 N–H and O–H groups in total. The molecule has 0 saturated carbocycles. The zero-order valence-corrected chi connectivity index (χ0v) is 85.3. The van der Waals surface area contributed by atoms with Gasteiger partial charge in [0, 0.05) is 173 Å². The van der Waals surface area contributed by atoms with E-state index in [9.17, 15) is 9.59 Å². The summed E-state index contributed by atoms with van der Waals surface area (Å²) in [7, 11) is 1.46. The number of carbonyl (C=O) groups is 2. The molecule has 5 saturated heterocycles. The fourth-order valence-electron chi connectivity index (χ4n) is 23.3. The van der Waals surface area contributed by atoms with Crippen LogP contribution < -0.4 is 34.1 Å². The zero-order chi connectivity index (χ0) is 93.5. The molecular weight excluding hydrogens is 1590 g/mol. The second-order valence-electron chi connectivity index (χ2n) is 47.9. The number of hydrogen-bond acceptors (Lipinski definition) is 13. The van der Waals surface area contributed by atoms with Crippen molar-refractivity contribution in [2.75, 3.05) is 148 Å². The number of fused-ring (bicyclic) bond motifs is 11. The number of amides is 2. The smallest absolute Gasteiger partial charge is 0.409 e. The molecule has 704 valence electrons. The number of nitrogens with zero attached hydrogens (tertiary/aromatic N) is 11. The van der Waals surface area contributed by atoms with Crippen molar-refractivity contribution in [1.29, 1.82) is 0 Å². The molecule has 18 rings (SSSR count). The van der Waals surface area contributed by atoms with E-state index in [0.29, 0.717) is 28.2 Å². The Labute approximate surface area is 782 Å². The molecule has 15 heteroatoms. The van der Waals surface area contributed by atoms with Crippen LogP contribution >= 0.6 is 0 Å². The highest BCUT2D eigenvalue weighted by atomic mass is 16.5. The maximum atomic E-state index is 12.3. The minimum atomic E-state index is -0.200. The van der Waals surface area contributed by atoms with Crippen LogP contribution in [0.5, 0.6) is 5.75 Å². The minimum absolute atomic E-state index is 0.103. The first-order chi connectivity index (χ1) is 60.5. The number of hydrogen-bond donors (Lipinski definition) is 0. The quantitative estimate of drug-likeness (QED) is 0.158. The van der Waals surface area contributed by atoms with Crippen molar-refractivity contribution in [3.63, 3.8) is 0 Å². The van der Waals surface area contributed by atoms with Crippen LogP contribution in [0.1, 0.15) is 278 Å². The molecule has 11 aliphatic rings. The van der Waals surface area contributed by atoms with E-state index >= 15 is 0 Å². The van der Waals surface area contributed by atoms with Crippen LogP contribution in [0.4, 0.5) is 38.9 Å². The molecule has 11 heterocycles. The maximum Gasteiger partial charge on any atom is 0.409 e. The van der Waals surface area contributed by atoms with Gasteiger partial charge in [-0.3, -0.25) is 9.69 Å². The van der Waals surface area contributed by atoms with Crippen molar-refractivity contribution in [1.82, 2.24) is 24.5 Å². The second kappa shape index (κ2) is 38.4. The van der Waals surface area contributed by atoms with E-state index in [-0.39, 0.29) is 61.7 Å². The summed E-state index contributed by atoms with van der Waals surface area (Å²) in [4.78, 5) is 51.2. The summed E-state index contributed by atoms with van der Waals surface area (Å²) in [6.07, 6.45) is 11.7. The molecule has 11 aliphatic heterocycles. The maximum absolute atomic E-state index is 12.3. The number of methoxy groups -OCH3 is 1. The summed E-state index contributed by atoms with van der Waals surface area (Å²) >= 11 is 0. The molecule has 15 nitrogen and oxygen atoms in total.